The molecule has 2 aromatic rings. The van der Waals surface area contributed by atoms with Gasteiger partial charge in [0, 0.05) is 30.1 Å². The number of pyridine rings is 1. The zero-order chi connectivity index (χ0) is 18.5. The van der Waals surface area contributed by atoms with Crippen molar-refractivity contribution in [2.45, 2.75) is 45.6 Å². The second kappa shape index (κ2) is 8.49. The number of carbonyl (C=O) groups is 1. The molecule has 1 unspecified atom stereocenters. The molecule has 140 valence electrons. The monoisotopic (exact) mass is 355 g/mol. The largest absolute Gasteiger partial charge is 0.355 e. The van der Waals surface area contributed by atoms with E-state index in [9.17, 15) is 9.59 Å². The van der Waals surface area contributed by atoms with Gasteiger partial charge in [-0.3, -0.25) is 14.5 Å². The highest BCUT2D eigenvalue weighted by atomic mass is 16.1. The van der Waals surface area contributed by atoms with Crippen LogP contribution in [0.1, 0.15) is 38.7 Å². The predicted molar refractivity (Wildman–Crippen MR) is 105 cm³/mol. The number of hydrogen-bond donors (Lipinski definition) is 2. The van der Waals surface area contributed by atoms with Crippen molar-refractivity contribution in [3.8, 4) is 0 Å². The number of aromatic nitrogens is 1. The molecule has 0 aliphatic carbocycles. The molecule has 1 aromatic heterocycles. The second-order valence-corrected chi connectivity index (χ2v) is 7.58. The van der Waals surface area contributed by atoms with Crippen LogP contribution in [0.4, 0.5) is 0 Å². The zero-order valence-electron chi connectivity index (χ0n) is 15.8. The maximum Gasteiger partial charge on any atom is 0.251 e. The average molecular weight is 355 g/mol. The van der Waals surface area contributed by atoms with Crippen LogP contribution in [0, 0.1) is 5.92 Å². The molecule has 3 rings (SSSR count). The summed E-state index contributed by atoms with van der Waals surface area (Å²) in [5.74, 6) is 0.822. The molecule has 1 atom stereocenters. The van der Waals surface area contributed by atoms with Crippen LogP contribution in [0.25, 0.3) is 10.9 Å². The van der Waals surface area contributed by atoms with Crippen molar-refractivity contribution in [2.75, 3.05) is 19.6 Å². The summed E-state index contributed by atoms with van der Waals surface area (Å²) in [7, 11) is 0. The first-order chi connectivity index (χ1) is 12.5. The van der Waals surface area contributed by atoms with Crippen molar-refractivity contribution in [3.05, 3.63) is 46.2 Å². The third-order valence-electron chi connectivity index (χ3n) is 5.49. The number of rotatable bonds is 6. The van der Waals surface area contributed by atoms with Crippen LogP contribution in [-0.4, -0.2) is 41.5 Å². The van der Waals surface area contributed by atoms with Gasteiger partial charge in [-0.05, 0) is 62.7 Å². The maximum atomic E-state index is 12.2. The van der Waals surface area contributed by atoms with Crippen molar-refractivity contribution in [2.24, 2.45) is 5.92 Å². The van der Waals surface area contributed by atoms with Crippen molar-refractivity contribution in [3.63, 3.8) is 0 Å². The Balaban J connectivity index is 1.48. The number of hydrogen-bond acceptors (Lipinski definition) is 3. The molecule has 5 nitrogen and oxygen atoms in total. The van der Waals surface area contributed by atoms with E-state index < -0.39 is 0 Å². The van der Waals surface area contributed by atoms with E-state index in [4.69, 9.17) is 0 Å². The van der Waals surface area contributed by atoms with Gasteiger partial charge in [0.05, 0.1) is 0 Å². The smallest absolute Gasteiger partial charge is 0.251 e. The standard InChI is InChI=1S/C21H29N3O2/c1-15-9-11-24(12-10-15)16(2)14-22-20(25)8-7-18-13-17-5-3-4-6-19(17)23-21(18)26/h3-6,13,15-16H,7-12,14H2,1-2H3,(H,22,25)(H,23,26). The number of H-pyrrole nitrogens is 1. The van der Waals surface area contributed by atoms with E-state index in [0.717, 1.165) is 29.9 Å². The summed E-state index contributed by atoms with van der Waals surface area (Å²) in [4.78, 5) is 29.7. The predicted octanol–water partition coefficient (Wildman–Crippen LogP) is 2.70. The van der Waals surface area contributed by atoms with Crippen molar-refractivity contribution in [1.29, 1.82) is 0 Å². The number of carbonyl (C=O) groups excluding carboxylic acids is 1. The molecule has 2 heterocycles. The molecule has 1 aliphatic heterocycles. The van der Waals surface area contributed by atoms with Crippen LogP contribution in [-0.2, 0) is 11.2 Å². The van der Waals surface area contributed by atoms with Gasteiger partial charge in [0.1, 0.15) is 0 Å². The lowest BCUT2D eigenvalue weighted by atomic mass is 9.98. The summed E-state index contributed by atoms with van der Waals surface area (Å²) in [5.41, 5.74) is 1.39. The second-order valence-electron chi connectivity index (χ2n) is 7.58. The number of likely N-dealkylation sites (tertiary alicyclic amines) is 1. The SMILES string of the molecule is CC1CCN(C(C)CNC(=O)CCc2cc3ccccc3[nH]c2=O)CC1. The molecule has 2 N–H and O–H groups in total. The summed E-state index contributed by atoms with van der Waals surface area (Å²) >= 11 is 0. The van der Waals surface area contributed by atoms with Gasteiger partial charge in [-0.25, -0.2) is 0 Å². The number of amides is 1. The molecule has 5 heteroatoms. The number of nitrogens with one attached hydrogen (secondary N) is 2. The Bertz CT molecular complexity index is 806. The molecule has 1 aliphatic rings. The number of nitrogens with zero attached hydrogens (tertiary/aromatic N) is 1. The van der Waals surface area contributed by atoms with E-state index in [-0.39, 0.29) is 11.5 Å². The van der Waals surface area contributed by atoms with E-state index >= 15 is 0 Å². The van der Waals surface area contributed by atoms with Crippen molar-refractivity contribution in [1.82, 2.24) is 15.2 Å². The van der Waals surface area contributed by atoms with Crippen molar-refractivity contribution < 1.29 is 4.79 Å². The van der Waals surface area contributed by atoms with Gasteiger partial charge in [-0.1, -0.05) is 25.1 Å². The molecule has 1 saturated heterocycles. The number of aromatic amines is 1. The molecule has 1 amide bonds. The van der Waals surface area contributed by atoms with Gasteiger partial charge in [0.25, 0.3) is 5.56 Å². The molecular formula is C21H29N3O2. The van der Waals surface area contributed by atoms with Crippen LogP contribution in [0.3, 0.4) is 0 Å². The molecule has 0 spiro atoms. The number of benzene rings is 1. The Kier molecular flexibility index (Phi) is 6.09. The first-order valence-electron chi connectivity index (χ1n) is 9.64. The number of aryl methyl sites for hydroxylation is 1. The maximum absolute atomic E-state index is 12.2. The van der Waals surface area contributed by atoms with E-state index in [1.54, 1.807) is 0 Å². The molecule has 1 aromatic carbocycles. The lowest BCUT2D eigenvalue weighted by Crippen LogP contribution is -2.45. The average Bonchev–Trinajstić information content (AvgIpc) is 2.65. The van der Waals surface area contributed by atoms with Gasteiger partial charge in [-0.15, -0.1) is 0 Å². The van der Waals surface area contributed by atoms with Gasteiger partial charge >= 0.3 is 0 Å². The van der Waals surface area contributed by atoms with Crippen LogP contribution in [0.2, 0.25) is 0 Å². The minimum absolute atomic E-state index is 0.00906. The normalized spacial score (nSPS) is 17.3. The van der Waals surface area contributed by atoms with Gasteiger partial charge < -0.3 is 10.3 Å². The fourth-order valence-corrected chi connectivity index (χ4v) is 3.57. The highest BCUT2D eigenvalue weighted by Gasteiger charge is 2.20. The quantitative estimate of drug-likeness (QED) is 0.837. The van der Waals surface area contributed by atoms with E-state index in [2.05, 4.69) is 29.0 Å². The van der Waals surface area contributed by atoms with Crippen LogP contribution in [0.5, 0.6) is 0 Å². The third-order valence-corrected chi connectivity index (χ3v) is 5.49. The Hall–Kier alpha value is -2.14. The number of piperidine rings is 1. The van der Waals surface area contributed by atoms with E-state index in [1.807, 2.05) is 30.3 Å². The molecule has 0 saturated carbocycles. The van der Waals surface area contributed by atoms with Crippen molar-refractivity contribution >= 4 is 16.8 Å². The molecule has 0 radical (unpaired) electrons. The van der Waals surface area contributed by atoms with Crippen LogP contribution < -0.4 is 10.9 Å². The van der Waals surface area contributed by atoms with E-state index in [1.165, 1.54) is 12.8 Å². The van der Waals surface area contributed by atoms with Crippen LogP contribution >= 0.6 is 0 Å². The molecule has 1 fully saturated rings. The summed E-state index contributed by atoms with van der Waals surface area (Å²) in [6.07, 6.45) is 3.28. The highest BCUT2D eigenvalue weighted by molar-refractivity contribution is 5.79. The van der Waals surface area contributed by atoms with Gasteiger partial charge in [-0.2, -0.15) is 0 Å². The minimum atomic E-state index is -0.104. The Morgan fingerprint density at radius 1 is 1.31 bits per heavy atom. The number of para-hydroxylation sites is 1. The Morgan fingerprint density at radius 2 is 2.04 bits per heavy atom. The van der Waals surface area contributed by atoms with Crippen LogP contribution in [0.15, 0.2) is 35.1 Å². The first-order valence-corrected chi connectivity index (χ1v) is 9.64. The molecular weight excluding hydrogens is 326 g/mol. The molecule has 0 bridgehead atoms. The summed E-state index contributed by atoms with van der Waals surface area (Å²) in [5, 5.41) is 4.02. The summed E-state index contributed by atoms with van der Waals surface area (Å²) in [6, 6.07) is 9.94. The first kappa shape index (κ1) is 18.6. The Morgan fingerprint density at radius 3 is 2.81 bits per heavy atom. The number of fused-ring (bicyclic) bond motifs is 1. The lowest BCUT2D eigenvalue weighted by Gasteiger charge is -2.35. The van der Waals surface area contributed by atoms with Gasteiger partial charge in [0.15, 0.2) is 0 Å². The van der Waals surface area contributed by atoms with Gasteiger partial charge in [0.2, 0.25) is 5.91 Å². The fraction of sp³-hybridized carbons (Fsp3) is 0.524. The zero-order valence-corrected chi connectivity index (χ0v) is 15.8. The summed E-state index contributed by atoms with van der Waals surface area (Å²) < 4.78 is 0. The topological polar surface area (TPSA) is 65.2 Å². The Labute approximate surface area is 154 Å². The lowest BCUT2D eigenvalue weighted by molar-refractivity contribution is -0.121. The molecule has 26 heavy (non-hydrogen) atoms. The highest BCUT2D eigenvalue weighted by Crippen LogP contribution is 2.17. The third kappa shape index (κ3) is 4.73. The minimum Gasteiger partial charge on any atom is -0.355 e. The van der Waals surface area contributed by atoms with E-state index in [0.29, 0.717) is 31.0 Å². The fourth-order valence-electron chi connectivity index (χ4n) is 3.57. The summed E-state index contributed by atoms with van der Waals surface area (Å²) in [6.45, 7) is 7.37.